The van der Waals surface area contributed by atoms with Gasteiger partial charge in [-0.3, -0.25) is 0 Å². The van der Waals surface area contributed by atoms with Crippen molar-refractivity contribution in [3.63, 3.8) is 0 Å². The Kier molecular flexibility index (Phi) is 1.71. The van der Waals surface area contributed by atoms with Gasteiger partial charge in [0.05, 0.1) is 7.05 Å². The fourth-order valence-electron chi connectivity index (χ4n) is 0.762. The Morgan fingerprint density at radius 3 is 2.36 bits per heavy atom. The predicted molar refractivity (Wildman–Crippen MR) is 35.8 cm³/mol. The van der Waals surface area contributed by atoms with Crippen molar-refractivity contribution in [3.05, 3.63) is 18.2 Å². The van der Waals surface area contributed by atoms with E-state index in [0.29, 0.717) is 9.80 Å². The summed E-state index contributed by atoms with van der Waals surface area (Å²) < 4.78 is 35.1. The van der Waals surface area contributed by atoms with Gasteiger partial charge in [0.25, 0.3) is 5.82 Å². The van der Waals surface area contributed by atoms with E-state index in [2.05, 4.69) is 0 Å². The van der Waals surface area contributed by atoms with E-state index in [-0.39, 0.29) is 0 Å². The lowest BCUT2D eigenvalue weighted by atomic mass is 10.7. The van der Waals surface area contributed by atoms with Crippen LogP contribution in [0.1, 0.15) is 5.82 Å². The van der Waals surface area contributed by atoms with Crippen molar-refractivity contribution in [1.82, 2.24) is 3.97 Å². The van der Waals surface area contributed by atoms with Crippen molar-refractivity contribution in [2.24, 2.45) is 7.05 Å². The third-order valence-electron chi connectivity index (χ3n) is 1.49. The first-order valence-electron chi connectivity index (χ1n) is 2.91. The average Bonchev–Trinajstić information content (AvgIpc) is 2.11. The second-order valence-corrected chi connectivity index (χ2v) is 3.41. The Morgan fingerprint density at radius 1 is 1.64 bits per heavy atom. The van der Waals surface area contributed by atoms with Gasteiger partial charge in [-0.1, -0.05) is 7.86 Å². The molecule has 11 heavy (non-hydrogen) atoms. The van der Waals surface area contributed by atoms with Gasteiger partial charge < -0.3 is 0 Å². The van der Waals surface area contributed by atoms with Crippen molar-refractivity contribution in [2.45, 2.75) is 6.92 Å². The largest absolute Gasteiger partial charge is 0.480 e. The summed E-state index contributed by atoms with van der Waals surface area (Å²) in [5.74, 6) is 0.326. The summed E-state index contributed by atoms with van der Waals surface area (Å²) >= 11 is 0. The summed E-state index contributed by atoms with van der Waals surface area (Å²) in [5, 5.41) is 0. The van der Waals surface area contributed by atoms with Crippen LogP contribution in [0.2, 0.25) is 0 Å². The maximum atomic E-state index is 12.3. The monoisotopic (exact) mass is 179 g/mol. The molecule has 0 radical (unpaired) electrons. The molecule has 1 aromatic rings. The molecule has 0 saturated carbocycles. The van der Waals surface area contributed by atoms with Crippen molar-refractivity contribution in [2.75, 3.05) is 0 Å². The second kappa shape index (κ2) is 2.30. The molecule has 0 aliphatic rings. The first kappa shape index (κ1) is 8.19. The predicted octanol–water partition coefficient (Wildman–Crippen LogP) is -0.317. The maximum absolute atomic E-state index is 12.3. The number of rotatable bonds is 1. The molecule has 0 fully saturated rings. The Balaban J connectivity index is 3.38. The molecule has 0 aliphatic heterocycles. The standard InChI is InChI=1S/C5H8FN2O2S/c1-5-7(2)3-4-8(5)11(6,9)10/h3-4H,1-2H3/q+1. The number of hydrogen-bond acceptors (Lipinski definition) is 2. The lowest BCUT2D eigenvalue weighted by Crippen LogP contribution is -2.30. The molecule has 0 saturated heterocycles. The molecule has 0 N–H and O–H groups in total. The molecule has 0 bridgehead atoms. The highest BCUT2D eigenvalue weighted by atomic mass is 32.3. The highest BCUT2D eigenvalue weighted by Gasteiger charge is 2.21. The van der Waals surface area contributed by atoms with E-state index in [1.807, 2.05) is 0 Å². The molecule has 0 unspecified atom stereocenters. The van der Waals surface area contributed by atoms with Crippen LogP contribution in [0.4, 0.5) is 3.89 Å². The smallest absolute Gasteiger partial charge is 0.236 e. The van der Waals surface area contributed by atoms with Gasteiger partial charge in [0.1, 0.15) is 12.4 Å². The number of nitrogens with zero attached hydrogens (tertiary/aromatic N) is 2. The summed E-state index contributed by atoms with van der Waals surface area (Å²) in [5.41, 5.74) is 0. The van der Waals surface area contributed by atoms with Crippen LogP contribution in [0.25, 0.3) is 0 Å². The molecule has 0 amide bonds. The summed E-state index contributed by atoms with van der Waals surface area (Å²) in [6, 6.07) is 0. The fourth-order valence-corrected chi connectivity index (χ4v) is 1.41. The van der Waals surface area contributed by atoms with Gasteiger partial charge >= 0.3 is 10.4 Å². The minimum absolute atomic E-state index is 0.326. The number of halogens is 1. The molecule has 0 atom stereocenters. The van der Waals surface area contributed by atoms with Crippen LogP contribution in [0.15, 0.2) is 12.4 Å². The van der Waals surface area contributed by atoms with E-state index < -0.39 is 10.4 Å². The quantitative estimate of drug-likeness (QED) is 0.438. The number of aryl methyl sites for hydroxylation is 1. The van der Waals surface area contributed by atoms with Gasteiger partial charge in [-0.2, -0.15) is 8.42 Å². The molecule has 0 aromatic carbocycles. The molecule has 1 rings (SSSR count). The summed E-state index contributed by atoms with van der Waals surface area (Å²) in [4.78, 5) is 0. The molecule has 62 valence electrons. The highest BCUT2D eigenvalue weighted by Crippen LogP contribution is 2.00. The lowest BCUT2D eigenvalue weighted by Gasteiger charge is -1.88. The van der Waals surface area contributed by atoms with Crippen LogP contribution in [-0.2, 0) is 17.5 Å². The van der Waals surface area contributed by atoms with Crippen LogP contribution in [0.5, 0.6) is 0 Å². The molecule has 1 heterocycles. The Morgan fingerprint density at radius 2 is 2.18 bits per heavy atom. The Bertz CT molecular complexity index is 368. The van der Waals surface area contributed by atoms with Gasteiger partial charge in [-0.05, 0) is 0 Å². The molecular weight excluding hydrogens is 171 g/mol. The zero-order valence-electron chi connectivity index (χ0n) is 6.15. The molecule has 6 heteroatoms. The first-order chi connectivity index (χ1) is 4.93. The van der Waals surface area contributed by atoms with Crippen molar-refractivity contribution in [3.8, 4) is 0 Å². The van der Waals surface area contributed by atoms with Crippen molar-refractivity contribution < 1.29 is 16.9 Å². The van der Waals surface area contributed by atoms with E-state index in [9.17, 15) is 12.3 Å². The molecular formula is C5H8FN2O2S+. The van der Waals surface area contributed by atoms with Crippen LogP contribution < -0.4 is 4.57 Å². The van der Waals surface area contributed by atoms with Crippen LogP contribution >= 0.6 is 0 Å². The third-order valence-corrected chi connectivity index (χ3v) is 2.35. The van der Waals surface area contributed by atoms with Crippen molar-refractivity contribution >= 4 is 10.4 Å². The fraction of sp³-hybridized carbons (Fsp3) is 0.400. The number of imidazole rings is 1. The Hall–Kier alpha value is -0.910. The molecule has 1 aromatic heterocycles. The average molecular weight is 179 g/mol. The SMILES string of the molecule is Cc1n(S(=O)(=O)F)cc[n+]1C. The van der Waals surface area contributed by atoms with Crippen LogP contribution in [0.3, 0.4) is 0 Å². The summed E-state index contributed by atoms with van der Waals surface area (Å²) in [7, 11) is -2.98. The van der Waals surface area contributed by atoms with E-state index in [0.717, 1.165) is 6.20 Å². The number of aromatic nitrogens is 2. The van der Waals surface area contributed by atoms with Crippen LogP contribution in [-0.4, -0.2) is 12.4 Å². The summed E-state index contributed by atoms with van der Waals surface area (Å²) in [6.07, 6.45) is 2.62. The topological polar surface area (TPSA) is 43.0 Å². The zero-order chi connectivity index (χ0) is 8.65. The van der Waals surface area contributed by atoms with Gasteiger partial charge in [-0.15, -0.1) is 0 Å². The minimum atomic E-state index is -4.62. The normalized spacial score (nSPS) is 11.9. The van der Waals surface area contributed by atoms with Crippen LogP contribution in [0, 0.1) is 6.92 Å². The minimum Gasteiger partial charge on any atom is -0.236 e. The number of hydrogen-bond donors (Lipinski definition) is 0. The van der Waals surface area contributed by atoms with E-state index >= 15 is 0 Å². The maximum Gasteiger partial charge on any atom is 0.480 e. The molecule has 4 nitrogen and oxygen atoms in total. The van der Waals surface area contributed by atoms with E-state index in [4.69, 9.17) is 0 Å². The van der Waals surface area contributed by atoms with Crippen molar-refractivity contribution in [1.29, 1.82) is 0 Å². The second-order valence-electron chi connectivity index (χ2n) is 2.19. The summed E-state index contributed by atoms with van der Waals surface area (Å²) in [6.45, 7) is 1.51. The first-order valence-corrected chi connectivity index (χ1v) is 4.25. The lowest BCUT2D eigenvalue weighted by molar-refractivity contribution is -0.676. The van der Waals surface area contributed by atoms with Gasteiger partial charge in [0, 0.05) is 6.92 Å². The van der Waals surface area contributed by atoms with Gasteiger partial charge in [-0.25, -0.2) is 4.57 Å². The highest BCUT2D eigenvalue weighted by molar-refractivity contribution is 7.84. The molecule has 0 aliphatic carbocycles. The van der Waals surface area contributed by atoms with Gasteiger partial charge in [0.15, 0.2) is 0 Å². The Labute approximate surface area is 64.2 Å². The van der Waals surface area contributed by atoms with E-state index in [1.165, 1.54) is 17.7 Å². The molecule has 0 spiro atoms. The zero-order valence-corrected chi connectivity index (χ0v) is 6.97. The third kappa shape index (κ3) is 1.40. The van der Waals surface area contributed by atoms with E-state index in [1.54, 1.807) is 7.05 Å². The van der Waals surface area contributed by atoms with Gasteiger partial charge in [0.2, 0.25) is 0 Å².